The van der Waals surface area contributed by atoms with Gasteiger partial charge < -0.3 is 14.8 Å². The Bertz CT molecular complexity index is 873. The zero-order chi connectivity index (χ0) is 16.4. The number of fused-ring (bicyclic) bond motifs is 1. The number of aromatic amines is 1. The van der Waals surface area contributed by atoms with Crippen LogP contribution in [0, 0.1) is 0 Å². The average Bonchev–Trinajstić information content (AvgIpc) is 3.23. The normalized spacial score (nSPS) is 17.2. The van der Waals surface area contributed by atoms with Gasteiger partial charge in [-0.25, -0.2) is 0 Å². The van der Waals surface area contributed by atoms with Gasteiger partial charge in [0.05, 0.1) is 17.3 Å². The molecule has 24 heavy (non-hydrogen) atoms. The van der Waals surface area contributed by atoms with E-state index in [4.69, 9.17) is 14.8 Å². The number of thioether (sulfide) groups is 1. The molecule has 5 heteroatoms. The van der Waals surface area contributed by atoms with Crippen LogP contribution in [-0.4, -0.2) is 33.5 Å². The summed E-state index contributed by atoms with van der Waals surface area (Å²) in [6.45, 7) is 0.184. The van der Waals surface area contributed by atoms with Gasteiger partial charge in [0.2, 0.25) is 0 Å². The number of aliphatic hydroxyl groups is 1. The Kier molecular flexibility index (Phi) is 4.28. The number of aliphatic imine (C=N–C) groups is 1. The number of benzene rings is 2. The van der Waals surface area contributed by atoms with Crippen LogP contribution in [0.4, 0.5) is 0 Å². The van der Waals surface area contributed by atoms with E-state index in [2.05, 4.69) is 17.1 Å². The lowest BCUT2D eigenvalue weighted by atomic mass is 10.2. The van der Waals surface area contributed by atoms with Crippen molar-refractivity contribution in [3.63, 3.8) is 0 Å². The number of aromatic nitrogens is 1. The summed E-state index contributed by atoms with van der Waals surface area (Å²) < 4.78 is 6.02. The van der Waals surface area contributed by atoms with E-state index in [0.717, 1.165) is 45.3 Å². The quantitative estimate of drug-likeness (QED) is 0.733. The van der Waals surface area contributed by atoms with Crippen molar-refractivity contribution < 1.29 is 9.84 Å². The molecule has 4 rings (SSSR count). The first-order chi connectivity index (χ1) is 11.8. The Morgan fingerprint density at radius 2 is 2.04 bits per heavy atom. The summed E-state index contributed by atoms with van der Waals surface area (Å²) in [4.78, 5) is 8.15. The number of rotatable bonds is 5. The molecule has 3 aromatic rings. The highest BCUT2D eigenvalue weighted by Gasteiger charge is 2.20. The molecule has 0 spiro atoms. The van der Waals surface area contributed by atoms with Crippen LogP contribution in [0.1, 0.15) is 12.1 Å². The van der Waals surface area contributed by atoms with Gasteiger partial charge in [0, 0.05) is 17.7 Å². The van der Waals surface area contributed by atoms with Crippen LogP contribution in [0.2, 0.25) is 0 Å². The van der Waals surface area contributed by atoms with Gasteiger partial charge in [-0.05, 0) is 30.7 Å². The number of aliphatic hydroxyl groups excluding tert-OH is 1. The molecule has 2 heterocycles. The summed E-state index contributed by atoms with van der Waals surface area (Å²) >= 11 is 1.74. The lowest BCUT2D eigenvalue weighted by molar-refractivity contribution is 0.280. The minimum absolute atomic E-state index is 0.184. The lowest BCUT2D eigenvalue weighted by Crippen LogP contribution is -2.05. The van der Waals surface area contributed by atoms with E-state index in [9.17, 15) is 0 Å². The molecule has 0 aliphatic carbocycles. The fourth-order valence-electron chi connectivity index (χ4n) is 2.80. The van der Waals surface area contributed by atoms with Crippen LogP contribution < -0.4 is 4.74 Å². The largest absolute Gasteiger partial charge is 0.455 e. The van der Waals surface area contributed by atoms with Crippen molar-refractivity contribution in [3.05, 3.63) is 60.3 Å². The average molecular weight is 338 g/mol. The number of hydrogen-bond donors (Lipinski definition) is 2. The van der Waals surface area contributed by atoms with Crippen LogP contribution in [0.25, 0.3) is 10.9 Å². The Morgan fingerprint density at radius 3 is 2.88 bits per heavy atom. The predicted molar refractivity (Wildman–Crippen MR) is 99.3 cm³/mol. The maximum absolute atomic E-state index is 9.07. The van der Waals surface area contributed by atoms with E-state index in [-0.39, 0.29) is 12.6 Å². The minimum atomic E-state index is 0.184. The second-order valence-electron chi connectivity index (χ2n) is 5.73. The fourth-order valence-corrected chi connectivity index (χ4v) is 3.88. The molecule has 4 nitrogen and oxygen atoms in total. The monoisotopic (exact) mass is 338 g/mol. The van der Waals surface area contributed by atoms with Gasteiger partial charge in [-0.3, -0.25) is 4.99 Å². The van der Waals surface area contributed by atoms with Crippen molar-refractivity contribution in [3.8, 4) is 11.5 Å². The Morgan fingerprint density at radius 1 is 1.17 bits per heavy atom. The summed E-state index contributed by atoms with van der Waals surface area (Å²) in [5, 5.41) is 11.2. The maximum atomic E-state index is 9.07. The fraction of sp³-hybridized carbons (Fsp3) is 0.211. The second kappa shape index (κ2) is 6.71. The zero-order valence-electron chi connectivity index (χ0n) is 13.1. The summed E-state index contributed by atoms with van der Waals surface area (Å²) in [5.41, 5.74) is 1.99. The molecule has 0 unspecified atom stereocenters. The molecule has 0 amide bonds. The van der Waals surface area contributed by atoms with Gasteiger partial charge in [-0.1, -0.05) is 30.3 Å². The second-order valence-corrected chi connectivity index (χ2v) is 6.74. The third kappa shape index (κ3) is 3.05. The van der Waals surface area contributed by atoms with Gasteiger partial charge in [-0.15, -0.1) is 11.8 Å². The van der Waals surface area contributed by atoms with E-state index >= 15 is 0 Å². The highest BCUT2D eigenvalue weighted by Crippen LogP contribution is 2.32. The number of nitrogens with zero attached hydrogens (tertiary/aromatic N) is 1. The molecule has 0 radical (unpaired) electrons. The Labute approximate surface area is 144 Å². The zero-order valence-corrected chi connectivity index (χ0v) is 13.9. The highest BCUT2D eigenvalue weighted by atomic mass is 32.2. The molecule has 1 atom stereocenters. The van der Waals surface area contributed by atoms with Crippen molar-refractivity contribution in [2.75, 3.05) is 12.4 Å². The van der Waals surface area contributed by atoms with Crippen molar-refractivity contribution >= 4 is 27.7 Å². The van der Waals surface area contributed by atoms with Gasteiger partial charge in [0.1, 0.15) is 10.8 Å². The molecule has 2 aromatic carbocycles. The SMILES string of the molecule is OCC[C@@H]1CSC(c2cc3cccc(Oc4ccccc4)c3[nH]2)=N1. The molecular weight excluding hydrogens is 320 g/mol. The number of para-hydroxylation sites is 2. The minimum Gasteiger partial charge on any atom is -0.455 e. The molecular formula is C19H18N2O2S. The van der Waals surface area contributed by atoms with E-state index in [0.29, 0.717) is 0 Å². The van der Waals surface area contributed by atoms with E-state index in [1.54, 1.807) is 11.8 Å². The third-order valence-corrected chi connectivity index (χ3v) is 5.14. The first kappa shape index (κ1) is 15.3. The Hall–Kier alpha value is -2.24. The molecule has 122 valence electrons. The van der Waals surface area contributed by atoms with Gasteiger partial charge in [-0.2, -0.15) is 0 Å². The number of nitrogens with one attached hydrogen (secondary N) is 1. The van der Waals surface area contributed by atoms with Crippen LogP contribution >= 0.6 is 11.8 Å². The summed E-state index contributed by atoms with van der Waals surface area (Å²) in [6.07, 6.45) is 0.721. The number of ether oxygens (including phenoxy) is 1. The molecule has 0 saturated heterocycles. The summed E-state index contributed by atoms with van der Waals surface area (Å²) in [5.74, 6) is 2.55. The van der Waals surface area contributed by atoms with Crippen LogP contribution in [-0.2, 0) is 0 Å². The highest BCUT2D eigenvalue weighted by molar-refractivity contribution is 8.14. The van der Waals surface area contributed by atoms with E-state index < -0.39 is 0 Å². The molecule has 2 N–H and O–H groups in total. The molecule has 0 fully saturated rings. The number of H-pyrrole nitrogens is 1. The standard InChI is InChI=1S/C19H18N2O2S/c22-10-9-14-12-24-19(20-14)16-11-13-5-4-8-17(18(13)21-16)23-15-6-2-1-3-7-15/h1-8,11,14,21-22H,9-10,12H2/t14-/m1/s1. The molecule has 1 aliphatic heterocycles. The van der Waals surface area contributed by atoms with Crippen molar-refractivity contribution in [2.45, 2.75) is 12.5 Å². The van der Waals surface area contributed by atoms with Gasteiger partial charge in [0.15, 0.2) is 5.75 Å². The number of hydrogen-bond acceptors (Lipinski definition) is 4. The van der Waals surface area contributed by atoms with Crippen molar-refractivity contribution in [2.24, 2.45) is 4.99 Å². The third-order valence-electron chi connectivity index (χ3n) is 3.99. The molecule has 1 aromatic heterocycles. The van der Waals surface area contributed by atoms with Crippen LogP contribution in [0.15, 0.2) is 59.6 Å². The van der Waals surface area contributed by atoms with Gasteiger partial charge >= 0.3 is 0 Å². The van der Waals surface area contributed by atoms with Crippen LogP contribution in [0.3, 0.4) is 0 Å². The molecule has 0 bridgehead atoms. The first-order valence-electron chi connectivity index (χ1n) is 8.00. The lowest BCUT2D eigenvalue weighted by Gasteiger charge is -2.06. The van der Waals surface area contributed by atoms with E-state index in [1.807, 2.05) is 42.5 Å². The summed E-state index contributed by atoms with van der Waals surface area (Å²) in [6, 6.07) is 18.1. The van der Waals surface area contributed by atoms with Crippen molar-refractivity contribution in [1.29, 1.82) is 0 Å². The Balaban J connectivity index is 1.66. The van der Waals surface area contributed by atoms with E-state index in [1.165, 1.54) is 0 Å². The van der Waals surface area contributed by atoms with Gasteiger partial charge in [0.25, 0.3) is 0 Å². The molecule has 1 aliphatic rings. The van der Waals surface area contributed by atoms with Crippen molar-refractivity contribution in [1.82, 2.24) is 4.98 Å². The molecule has 0 saturated carbocycles. The smallest absolute Gasteiger partial charge is 0.151 e. The first-order valence-corrected chi connectivity index (χ1v) is 8.98. The van der Waals surface area contributed by atoms with Crippen LogP contribution in [0.5, 0.6) is 11.5 Å². The maximum Gasteiger partial charge on any atom is 0.151 e. The summed E-state index contributed by atoms with van der Waals surface area (Å²) in [7, 11) is 0. The topological polar surface area (TPSA) is 57.6 Å². The predicted octanol–water partition coefficient (Wildman–Crippen LogP) is 4.20.